The monoisotopic (exact) mass is 262 g/mol. The zero-order valence-electron chi connectivity index (χ0n) is 12.1. The van der Waals surface area contributed by atoms with Gasteiger partial charge in [0.15, 0.2) is 0 Å². The van der Waals surface area contributed by atoms with Crippen molar-refractivity contribution in [2.45, 2.75) is 26.3 Å². The molecule has 0 spiro atoms. The van der Waals surface area contributed by atoms with Crippen LogP contribution in [-0.4, -0.2) is 36.5 Å². The Hall–Kier alpha value is -1.55. The van der Waals surface area contributed by atoms with Crippen molar-refractivity contribution >= 4 is 5.91 Å². The van der Waals surface area contributed by atoms with E-state index in [0.29, 0.717) is 30.3 Å². The highest BCUT2D eigenvalue weighted by atomic mass is 16.5. The lowest BCUT2D eigenvalue weighted by atomic mass is 9.80. The Balaban J connectivity index is 2.16. The van der Waals surface area contributed by atoms with Crippen LogP contribution in [0.3, 0.4) is 0 Å². The molecular weight excluding hydrogens is 240 g/mol. The topological polar surface area (TPSA) is 55.6 Å². The molecule has 1 saturated heterocycles. The fourth-order valence-corrected chi connectivity index (χ4v) is 2.33. The van der Waals surface area contributed by atoms with Gasteiger partial charge >= 0.3 is 0 Å². The van der Waals surface area contributed by atoms with Crippen molar-refractivity contribution < 1.29 is 9.53 Å². The number of nitrogens with zero attached hydrogens (tertiary/aromatic N) is 1. The standard InChI is InChI=1S/C15H22N2O2/c1-10(2)15(16)8-17(9-15)14(18)12-7-11(3)5-6-13(12)19-4/h5-7,10H,8-9,16H2,1-4H3. The maximum absolute atomic E-state index is 12.5. The molecule has 4 heteroatoms. The fourth-order valence-electron chi connectivity index (χ4n) is 2.33. The van der Waals surface area contributed by atoms with Crippen molar-refractivity contribution in [2.24, 2.45) is 11.7 Å². The number of carbonyl (C=O) groups is 1. The molecule has 1 aromatic carbocycles. The molecule has 0 saturated carbocycles. The van der Waals surface area contributed by atoms with Crippen LogP contribution in [0.25, 0.3) is 0 Å². The van der Waals surface area contributed by atoms with E-state index in [1.165, 1.54) is 0 Å². The first-order valence-electron chi connectivity index (χ1n) is 6.60. The number of hydrogen-bond donors (Lipinski definition) is 1. The number of rotatable bonds is 3. The van der Waals surface area contributed by atoms with Gasteiger partial charge in [0.25, 0.3) is 5.91 Å². The van der Waals surface area contributed by atoms with Crippen LogP contribution < -0.4 is 10.5 Å². The predicted octanol–water partition coefficient (Wildman–Crippen LogP) is 1.81. The predicted molar refractivity (Wildman–Crippen MR) is 75.4 cm³/mol. The molecule has 1 aromatic rings. The normalized spacial score (nSPS) is 17.3. The summed E-state index contributed by atoms with van der Waals surface area (Å²) < 4.78 is 5.26. The van der Waals surface area contributed by atoms with Crippen LogP contribution in [0.1, 0.15) is 29.8 Å². The number of methoxy groups -OCH3 is 1. The third-order valence-corrected chi connectivity index (χ3v) is 3.99. The summed E-state index contributed by atoms with van der Waals surface area (Å²) in [5, 5.41) is 0. The summed E-state index contributed by atoms with van der Waals surface area (Å²) in [6.07, 6.45) is 0. The van der Waals surface area contributed by atoms with Gasteiger partial charge in [-0.15, -0.1) is 0 Å². The van der Waals surface area contributed by atoms with Gasteiger partial charge < -0.3 is 15.4 Å². The Morgan fingerprint density at radius 3 is 2.58 bits per heavy atom. The minimum Gasteiger partial charge on any atom is -0.496 e. The van der Waals surface area contributed by atoms with Crippen molar-refractivity contribution in [3.8, 4) is 5.75 Å². The van der Waals surface area contributed by atoms with Crippen LogP contribution in [-0.2, 0) is 0 Å². The average molecular weight is 262 g/mol. The third kappa shape index (κ3) is 2.45. The van der Waals surface area contributed by atoms with Gasteiger partial charge in [-0.2, -0.15) is 0 Å². The molecule has 1 fully saturated rings. The molecule has 0 bridgehead atoms. The largest absolute Gasteiger partial charge is 0.496 e. The number of ether oxygens (including phenoxy) is 1. The average Bonchev–Trinajstić information content (AvgIpc) is 2.33. The number of likely N-dealkylation sites (tertiary alicyclic amines) is 1. The number of hydrogen-bond acceptors (Lipinski definition) is 3. The molecular formula is C15H22N2O2. The van der Waals surface area contributed by atoms with Gasteiger partial charge in [-0.1, -0.05) is 25.5 Å². The Bertz CT molecular complexity index is 491. The van der Waals surface area contributed by atoms with Crippen molar-refractivity contribution in [2.75, 3.05) is 20.2 Å². The summed E-state index contributed by atoms with van der Waals surface area (Å²) in [7, 11) is 1.58. The minimum atomic E-state index is -0.243. The first-order valence-corrected chi connectivity index (χ1v) is 6.60. The Kier molecular flexibility index (Phi) is 3.54. The second-order valence-electron chi connectivity index (χ2n) is 5.75. The highest BCUT2D eigenvalue weighted by Crippen LogP contribution is 2.30. The summed E-state index contributed by atoms with van der Waals surface area (Å²) in [5.74, 6) is 0.993. The zero-order valence-corrected chi connectivity index (χ0v) is 12.1. The molecule has 0 unspecified atom stereocenters. The highest BCUT2D eigenvalue weighted by molar-refractivity contribution is 5.97. The summed E-state index contributed by atoms with van der Waals surface area (Å²) in [6, 6.07) is 5.64. The van der Waals surface area contributed by atoms with Crippen LogP contribution >= 0.6 is 0 Å². The first kappa shape index (κ1) is 13.9. The molecule has 104 valence electrons. The third-order valence-electron chi connectivity index (χ3n) is 3.99. The molecule has 0 atom stereocenters. The molecule has 2 rings (SSSR count). The molecule has 0 radical (unpaired) electrons. The molecule has 0 aromatic heterocycles. The molecule has 1 aliphatic rings. The van der Waals surface area contributed by atoms with Crippen LogP contribution in [0, 0.1) is 12.8 Å². The van der Waals surface area contributed by atoms with E-state index in [0.717, 1.165) is 5.56 Å². The summed E-state index contributed by atoms with van der Waals surface area (Å²) in [6.45, 7) is 7.37. The van der Waals surface area contributed by atoms with Crippen LogP contribution in [0.2, 0.25) is 0 Å². The smallest absolute Gasteiger partial charge is 0.257 e. The van der Waals surface area contributed by atoms with Gasteiger partial charge in [0.2, 0.25) is 0 Å². The minimum absolute atomic E-state index is 0.00211. The number of carbonyl (C=O) groups excluding carboxylic acids is 1. The Labute approximate surface area is 114 Å². The van der Waals surface area contributed by atoms with E-state index in [-0.39, 0.29) is 11.4 Å². The SMILES string of the molecule is COc1ccc(C)cc1C(=O)N1CC(N)(C(C)C)C1. The molecule has 0 aliphatic carbocycles. The van der Waals surface area contributed by atoms with Gasteiger partial charge in [-0.25, -0.2) is 0 Å². The first-order chi connectivity index (χ1) is 8.87. The van der Waals surface area contributed by atoms with Crippen LogP contribution in [0.5, 0.6) is 5.75 Å². The Morgan fingerprint density at radius 1 is 1.42 bits per heavy atom. The van der Waals surface area contributed by atoms with Gasteiger partial charge in [0.1, 0.15) is 5.75 Å². The van der Waals surface area contributed by atoms with E-state index in [1.54, 1.807) is 12.0 Å². The van der Waals surface area contributed by atoms with E-state index in [1.807, 2.05) is 25.1 Å². The van der Waals surface area contributed by atoms with Crippen molar-refractivity contribution in [1.29, 1.82) is 0 Å². The van der Waals surface area contributed by atoms with Gasteiger partial charge in [0.05, 0.1) is 18.2 Å². The molecule has 1 aliphatic heterocycles. The number of aryl methyl sites for hydroxylation is 1. The zero-order chi connectivity index (χ0) is 14.2. The molecule has 19 heavy (non-hydrogen) atoms. The van der Waals surface area contributed by atoms with Gasteiger partial charge in [-0.3, -0.25) is 4.79 Å². The van der Waals surface area contributed by atoms with Crippen molar-refractivity contribution in [3.63, 3.8) is 0 Å². The molecule has 1 amide bonds. The van der Waals surface area contributed by atoms with Crippen LogP contribution in [0.4, 0.5) is 0 Å². The second kappa shape index (κ2) is 4.85. The van der Waals surface area contributed by atoms with E-state index >= 15 is 0 Å². The lowest BCUT2D eigenvalue weighted by Gasteiger charge is -2.50. The summed E-state index contributed by atoms with van der Waals surface area (Å²) >= 11 is 0. The number of nitrogens with two attached hydrogens (primary N) is 1. The number of amides is 1. The maximum atomic E-state index is 12.5. The van der Waals surface area contributed by atoms with Crippen LogP contribution in [0.15, 0.2) is 18.2 Å². The molecule has 1 heterocycles. The van der Waals surface area contributed by atoms with E-state index in [9.17, 15) is 4.79 Å². The summed E-state index contributed by atoms with van der Waals surface area (Å²) in [4.78, 5) is 14.2. The number of benzene rings is 1. The summed E-state index contributed by atoms with van der Waals surface area (Å²) in [5.41, 5.74) is 7.65. The quantitative estimate of drug-likeness (QED) is 0.904. The Morgan fingerprint density at radius 2 is 2.05 bits per heavy atom. The van der Waals surface area contributed by atoms with Gasteiger partial charge in [0, 0.05) is 13.1 Å². The lowest BCUT2D eigenvalue weighted by Crippen LogP contribution is -2.71. The van der Waals surface area contributed by atoms with Crippen molar-refractivity contribution in [3.05, 3.63) is 29.3 Å². The molecule has 2 N–H and O–H groups in total. The second-order valence-corrected chi connectivity index (χ2v) is 5.75. The van der Waals surface area contributed by atoms with Crippen molar-refractivity contribution in [1.82, 2.24) is 4.90 Å². The maximum Gasteiger partial charge on any atom is 0.257 e. The van der Waals surface area contributed by atoms with E-state index in [2.05, 4.69) is 13.8 Å². The van der Waals surface area contributed by atoms with E-state index < -0.39 is 0 Å². The van der Waals surface area contributed by atoms with E-state index in [4.69, 9.17) is 10.5 Å². The molecule has 4 nitrogen and oxygen atoms in total. The fraction of sp³-hybridized carbons (Fsp3) is 0.533. The highest BCUT2D eigenvalue weighted by Gasteiger charge is 2.44. The van der Waals surface area contributed by atoms with Gasteiger partial charge in [-0.05, 0) is 25.0 Å². The lowest BCUT2D eigenvalue weighted by molar-refractivity contribution is 0.0272.